The molecule has 1 saturated heterocycles. The zero-order chi connectivity index (χ0) is 13.0. The van der Waals surface area contributed by atoms with Crippen LogP contribution in [-0.4, -0.2) is 32.5 Å². The largest absolute Gasteiger partial charge is 0.398 e. The molecule has 2 rings (SSSR count). The Hall–Kier alpha value is -1.77. The van der Waals surface area contributed by atoms with Crippen molar-refractivity contribution >= 4 is 11.4 Å². The minimum absolute atomic E-state index is 0.270. The summed E-state index contributed by atoms with van der Waals surface area (Å²) in [6, 6.07) is 7.39. The van der Waals surface area contributed by atoms with E-state index in [-0.39, 0.29) is 5.60 Å². The number of anilines is 2. The Kier molecular flexibility index (Phi) is 3.70. The van der Waals surface area contributed by atoms with Crippen molar-refractivity contribution in [3.05, 3.63) is 23.8 Å². The number of nitrogen functional groups attached to an aromatic ring is 1. The normalized spacial score (nSPS) is 22.7. The summed E-state index contributed by atoms with van der Waals surface area (Å²) in [6.45, 7) is 1.97. The van der Waals surface area contributed by atoms with Gasteiger partial charge in [0.25, 0.3) is 0 Å². The highest BCUT2D eigenvalue weighted by Crippen LogP contribution is 2.24. The smallest absolute Gasteiger partial charge is 0.110 e. The third-order valence-corrected chi connectivity index (χ3v) is 3.29. The minimum Gasteiger partial charge on any atom is -0.398 e. The molecule has 0 aliphatic carbocycles. The summed E-state index contributed by atoms with van der Waals surface area (Å²) in [5.74, 6) is 0. The quantitative estimate of drug-likeness (QED) is 0.785. The maximum Gasteiger partial charge on any atom is 0.110 e. The number of methoxy groups -OCH3 is 1. The van der Waals surface area contributed by atoms with Crippen LogP contribution in [0.2, 0.25) is 0 Å². The fourth-order valence-corrected chi connectivity index (χ4v) is 1.99. The molecule has 5 heteroatoms. The van der Waals surface area contributed by atoms with E-state index < -0.39 is 0 Å². The van der Waals surface area contributed by atoms with Crippen molar-refractivity contribution in [1.82, 2.24) is 0 Å². The van der Waals surface area contributed by atoms with E-state index in [2.05, 4.69) is 11.4 Å². The van der Waals surface area contributed by atoms with Gasteiger partial charge in [-0.3, -0.25) is 0 Å². The molecule has 3 N–H and O–H groups in total. The number of rotatable bonds is 4. The molecule has 96 valence electrons. The van der Waals surface area contributed by atoms with E-state index >= 15 is 0 Å². The third kappa shape index (κ3) is 2.55. The van der Waals surface area contributed by atoms with Gasteiger partial charge in [-0.2, -0.15) is 5.26 Å². The van der Waals surface area contributed by atoms with Crippen LogP contribution >= 0.6 is 0 Å². The maximum atomic E-state index is 8.92. The second-order valence-corrected chi connectivity index (χ2v) is 4.46. The Bertz CT molecular complexity index is 462. The van der Waals surface area contributed by atoms with E-state index in [4.69, 9.17) is 20.5 Å². The van der Waals surface area contributed by atoms with Gasteiger partial charge < -0.3 is 20.5 Å². The summed E-state index contributed by atoms with van der Waals surface area (Å²) in [5.41, 5.74) is 7.25. The molecule has 5 nitrogen and oxygen atoms in total. The lowest BCUT2D eigenvalue weighted by Gasteiger charge is -2.26. The van der Waals surface area contributed by atoms with Crippen LogP contribution in [0.4, 0.5) is 11.4 Å². The molecule has 0 bridgehead atoms. The van der Waals surface area contributed by atoms with Crippen molar-refractivity contribution in [1.29, 1.82) is 5.26 Å². The SMILES string of the molecule is COC1(CNc2ccc(N)c(C#N)c2)CCOC1. The number of hydrogen-bond donors (Lipinski definition) is 2. The fourth-order valence-electron chi connectivity index (χ4n) is 1.99. The van der Waals surface area contributed by atoms with Crippen LogP contribution in [0.1, 0.15) is 12.0 Å². The molecule has 0 aromatic heterocycles. The molecule has 1 aliphatic heterocycles. The van der Waals surface area contributed by atoms with Gasteiger partial charge in [0.2, 0.25) is 0 Å². The molecular weight excluding hydrogens is 230 g/mol. The van der Waals surface area contributed by atoms with E-state index in [1.807, 2.05) is 6.07 Å². The summed E-state index contributed by atoms with van der Waals surface area (Å²) in [6.07, 6.45) is 0.872. The molecule has 0 amide bonds. The summed E-state index contributed by atoms with van der Waals surface area (Å²) >= 11 is 0. The van der Waals surface area contributed by atoms with E-state index in [0.717, 1.165) is 18.7 Å². The van der Waals surface area contributed by atoms with Gasteiger partial charge in [-0.1, -0.05) is 0 Å². The average Bonchev–Trinajstić information content (AvgIpc) is 2.87. The van der Waals surface area contributed by atoms with Gasteiger partial charge in [0.1, 0.15) is 11.7 Å². The van der Waals surface area contributed by atoms with E-state index in [1.165, 1.54) is 0 Å². The second kappa shape index (κ2) is 5.25. The van der Waals surface area contributed by atoms with Crippen molar-refractivity contribution in [2.45, 2.75) is 12.0 Å². The van der Waals surface area contributed by atoms with E-state index in [0.29, 0.717) is 24.4 Å². The summed E-state index contributed by atoms with van der Waals surface area (Å²) in [7, 11) is 1.69. The van der Waals surface area contributed by atoms with Crippen LogP contribution in [0.3, 0.4) is 0 Å². The first-order valence-corrected chi connectivity index (χ1v) is 5.85. The number of nitrogens with two attached hydrogens (primary N) is 1. The number of nitriles is 1. The molecule has 1 aliphatic rings. The molecule has 0 spiro atoms. The molecule has 1 unspecified atom stereocenters. The predicted octanol–water partition coefficient (Wildman–Crippen LogP) is 1.36. The Labute approximate surface area is 106 Å². The lowest BCUT2D eigenvalue weighted by atomic mass is 10.0. The first kappa shape index (κ1) is 12.7. The van der Waals surface area contributed by atoms with Crippen LogP contribution in [0.15, 0.2) is 18.2 Å². The first-order chi connectivity index (χ1) is 8.69. The molecule has 18 heavy (non-hydrogen) atoms. The van der Waals surface area contributed by atoms with Gasteiger partial charge in [-0.05, 0) is 18.2 Å². The lowest BCUT2D eigenvalue weighted by molar-refractivity contribution is -0.00619. The lowest BCUT2D eigenvalue weighted by Crippen LogP contribution is -2.39. The van der Waals surface area contributed by atoms with Gasteiger partial charge in [0.15, 0.2) is 0 Å². The monoisotopic (exact) mass is 247 g/mol. The fraction of sp³-hybridized carbons (Fsp3) is 0.462. The van der Waals surface area contributed by atoms with E-state index in [9.17, 15) is 0 Å². The Morgan fingerprint density at radius 2 is 2.44 bits per heavy atom. The molecular formula is C13H17N3O2. The summed E-state index contributed by atoms with van der Waals surface area (Å²) in [4.78, 5) is 0. The average molecular weight is 247 g/mol. The van der Waals surface area contributed by atoms with Gasteiger partial charge in [-0.15, -0.1) is 0 Å². The van der Waals surface area contributed by atoms with Gasteiger partial charge in [0.05, 0.1) is 12.2 Å². The third-order valence-electron chi connectivity index (χ3n) is 3.29. The van der Waals surface area contributed by atoms with Gasteiger partial charge in [-0.25, -0.2) is 0 Å². The summed E-state index contributed by atoms with van der Waals surface area (Å²) < 4.78 is 10.9. The Balaban J connectivity index is 2.04. The van der Waals surface area contributed by atoms with Crippen molar-refractivity contribution < 1.29 is 9.47 Å². The highest BCUT2D eigenvalue weighted by Gasteiger charge is 2.34. The predicted molar refractivity (Wildman–Crippen MR) is 69.2 cm³/mol. The van der Waals surface area contributed by atoms with Gasteiger partial charge in [0, 0.05) is 38.1 Å². The molecule has 1 heterocycles. The van der Waals surface area contributed by atoms with Crippen LogP contribution in [0.25, 0.3) is 0 Å². The van der Waals surface area contributed by atoms with Crippen molar-refractivity contribution in [2.75, 3.05) is 37.9 Å². The highest BCUT2D eigenvalue weighted by atomic mass is 16.5. The van der Waals surface area contributed by atoms with Crippen molar-refractivity contribution in [2.24, 2.45) is 0 Å². The number of ether oxygens (including phenoxy) is 2. The number of hydrogen-bond acceptors (Lipinski definition) is 5. The van der Waals surface area contributed by atoms with Gasteiger partial charge >= 0.3 is 0 Å². The number of nitrogens with zero attached hydrogens (tertiary/aromatic N) is 1. The van der Waals surface area contributed by atoms with Crippen molar-refractivity contribution in [3.8, 4) is 6.07 Å². The zero-order valence-corrected chi connectivity index (χ0v) is 10.4. The minimum atomic E-state index is -0.270. The Morgan fingerprint density at radius 1 is 1.61 bits per heavy atom. The topological polar surface area (TPSA) is 80.3 Å². The van der Waals surface area contributed by atoms with Crippen LogP contribution in [0.5, 0.6) is 0 Å². The number of nitrogens with one attached hydrogen (secondary N) is 1. The molecule has 1 aromatic carbocycles. The molecule has 1 fully saturated rings. The first-order valence-electron chi connectivity index (χ1n) is 5.85. The molecule has 1 atom stereocenters. The highest BCUT2D eigenvalue weighted by molar-refractivity contribution is 5.61. The van der Waals surface area contributed by atoms with Crippen LogP contribution in [0, 0.1) is 11.3 Å². The molecule has 0 saturated carbocycles. The van der Waals surface area contributed by atoms with Crippen LogP contribution in [-0.2, 0) is 9.47 Å². The Morgan fingerprint density at radius 3 is 3.06 bits per heavy atom. The van der Waals surface area contributed by atoms with Crippen molar-refractivity contribution in [3.63, 3.8) is 0 Å². The zero-order valence-electron chi connectivity index (χ0n) is 10.4. The van der Waals surface area contributed by atoms with Crippen LogP contribution < -0.4 is 11.1 Å². The maximum absolute atomic E-state index is 8.92. The molecule has 0 radical (unpaired) electrons. The second-order valence-electron chi connectivity index (χ2n) is 4.46. The standard InChI is InChI=1S/C13H17N3O2/c1-17-13(4-5-18-9-13)8-16-11-2-3-12(15)10(6-11)7-14/h2-3,6,16H,4-5,8-9,15H2,1H3. The molecule has 1 aromatic rings. The number of benzene rings is 1. The summed E-state index contributed by atoms with van der Waals surface area (Å²) in [5, 5.41) is 12.2. The van der Waals surface area contributed by atoms with E-state index in [1.54, 1.807) is 19.2 Å².